The van der Waals surface area contributed by atoms with Gasteiger partial charge in [-0.1, -0.05) is 61.2 Å². The maximum absolute atomic E-state index is 14.6. The molecule has 2 heterocycles. The van der Waals surface area contributed by atoms with E-state index in [2.05, 4.69) is 18.3 Å². The number of hydrogen-bond donors (Lipinski definition) is 4. The van der Waals surface area contributed by atoms with Gasteiger partial charge in [0.25, 0.3) is 0 Å². The lowest BCUT2D eigenvalue weighted by atomic mass is 9.51. The highest BCUT2D eigenvalue weighted by Crippen LogP contribution is 2.72. The molecule has 2 saturated carbocycles. The quantitative estimate of drug-likeness (QED) is 0.144. The van der Waals surface area contributed by atoms with Crippen LogP contribution < -0.4 is 5.32 Å². The summed E-state index contributed by atoms with van der Waals surface area (Å²) in [4.78, 5) is 52.0. The lowest BCUT2D eigenvalue weighted by Gasteiger charge is -2.56. The summed E-state index contributed by atoms with van der Waals surface area (Å²) in [6.07, 6.45) is 5.60. The fourth-order valence-electron chi connectivity index (χ4n) is 8.91. The van der Waals surface area contributed by atoms with E-state index in [1.165, 1.54) is 11.8 Å². The van der Waals surface area contributed by atoms with E-state index in [9.17, 15) is 34.5 Å². The number of Topliss-reactive ketones (excluding diaryl/α,β-unsaturated/α-hetero) is 1. The number of allylic oxidation sites excluding steroid dienone is 2. The third-order valence-corrected chi connectivity index (χ3v) is 11.9. The van der Waals surface area contributed by atoms with Crippen molar-refractivity contribution in [2.75, 3.05) is 5.32 Å². The molecule has 8 rings (SSSR count). The van der Waals surface area contributed by atoms with Crippen molar-refractivity contribution in [1.82, 2.24) is 0 Å². The largest absolute Gasteiger partial charge is 0.506 e. The van der Waals surface area contributed by atoms with Crippen LogP contribution in [0, 0.1) is 22.7 Å². The summed E-state index contributed by atoms with van der Waals surface area (Å²) in [6, 6.07) is 17.4. The van der Waals surface area contributed by atoms with Gasteiger partial charge in [0, 0.05) is 28.2 Å². The molecule has 2 saturated heterocycles. The number of phenolic OH excluding ortho intramolecular Hbond substituents is 1. The van der Waals surface area contributed by atoms with Gasteiger partial charge in [-0.2, -0.15) is 0 Å². The Balaban J connectivity index is 1.18. The molecule has 3 aromatic rings. The van der Waals surface area contributed by atoms with E-state index in [1.54, 1.807) is 12.1 Å². The van der Waals surface area contributed by atoms with Crippen molar-refractivity contribution >= 4 is 41.4 Å². The number of phenols is 2. The van der Waals surface area contributed by atoms with Crippen LogP contribution in [0.1, 0.15) is 66.7 Å². The standard InChI is InChI=1S/C37H35NO8S/c1-35(13-12-29(41)38-30-26(40)11-10-25(31(30)42)34(44)45)32-27-15-23-16-37(32,19-36(23,2)46-27)17-28(33(35)43)47-24-5-3-4-22(14-24)21-8-6-20(18-39)7-9-21/h3-11,14,17-18,23,27,32,40,42H,12-13,15-16,19H2,1-2H3,(H,38,41)(H,44,45)/t23-,27+,32+,35+,36+,37-/m1/s1. The Morgan fingerprint density at radius 3 is 2.53 bits per heavy atom. The first-order valence-electron chi connectivity index (χ1n) is 15.7. The van der Waals surface area contributed by atoms with E-state index >= 15 is 0 Å². The summed E-state index contributed by atoms with van der Waals surface area (Å²) in [7, 11) is 0. The number of carboxylic acids is 1. The summed E-state index contributed by atoms with van der Waals surface area (Å²) >= 11 is 1.43. The van der Waals surface area contributed by atoms with E-state index in [0.717, 1.165) is 53.7 Å². The molecule has 1 amide bonds. The molecule has 0 radical (unpaired) electrons. The summed E-state index contributed by atoms with van der Waals surface area (Å²) in [5, 5.41) is 32.5. The number of ether oxygens (including phenoxy) is 1. The Morgan fingerprint density at radius 2 is 1.83 bits per heavy atom. The van der Waals surface area contributed by atoms with Gasteiger partial charge in [-0.05, 0) is 79.3 Å². The van der Waals surface area contributed by atoms with Crippen LogP contribution in [-0.4, -0.2) is 51.0 Å². The summed E-state index contributed by atoms with van der Waals surface area (Å²) < 4.78 is 6.62. The van der Waals surface area contributed by atoms with Gasteiger partial charge in [0.2, 0.25) is 5.91 Å². The van der Waals surface area contributed by atoms with Crippen LogP contribution in [0.25, 0.3) is 11.1 Å². The molecular weight excluding hydrogens is 618 g/mol. The number of carboxylic acid groups (broad SMARTS) is 1. The molecule has 4 fully saturated rings. The van der Waals surface area contributed by atoms with Crippen LogP contribution >= 0.6 is 11.8 Å². The molecule has 9 nitrogen and oxygen atoms in total. The summed E-state index contributed by atoms with van der Waals surface area (Å²) in [5.74, 6) is -2.93. The van der Waals surface area contributed by atoms with Gasteiger partial charge in [0.05, 0.1) is 16.6 Å². The van der Waals surface area contributed by atoms with E-state index in [0.29, 0.717) is 16.4 Å². The van der Waals surface area contributed by atoms with Crippen molar-refractivity contribution in [3.05, 3.63) is 82.8 Å². The molecule has 0 aromatic heterocycles. The number of nitrogens with one attached hydrogen (secondary N) is 1. The maximum Gasteiger partial charge on any atom is 0.339 e. The molecular formula is C37H35NO8S. The number of rotatable bonds is 9. The molecule has 0 unspecified atom stereocenters. The average molecular weight is 654 g/mol. The number of aromatic carboxylic acids is 1. The third-order valence-electron chi connectivity index (χ3n) is 10.9. The lowest BCUT2D eigenvalue weighted by Crippen LogP contribution is -2.57. The minimum absolute atomic E-state index is 0.0483. The SMILES string of the molecule is C[C@]12C[C@@]34C=C(Sc5cccc(-c6ccc(C=O)cc6)c5)C(=O)[C@@](C)(CCC(=O)Nc5c(O)ccc(C(=O)O)c5O)[C@@H]3[C@H](C[C@@H]1C4)O2. The third kappa shape index (κ3) is 5.05. The number of carbonyl (C=O) groups is 4. The van der Waals surface area contributed by atoms with Crippen LogP contribution in [0.3, 0.4) is 0 Å². The van der Waals surface area contributed by atoms with Crippen LogP contribution in [0.5, 0.6) is 11.5 Å². The Bertz CT molecular complexity index is 1870. The second-order valence-corrected chi connectivity index (χ2v) is 14.9. The first-order valence-corrected chi connectivity index (χ1v) is 16.5. The topological polar surface area (TPSA) is 150 Å². The van der Waals surface area contributed by atoms with Crippen LogP contribution in [0.4, 0.5) is 5.69 Å². The normalized spacial score (nSPS) is 30.1. The summed E-state index contributed by atoms with van der Waals surface area (Å²) in [6.45, 7) is 4.11. The molecule has 5 aliphatic rings. The maximum atomic E-state index is 14.6. The number of aromatic hydroxyl groups is 2. The monoisotopic (exact) mass is 653 g/mol. The highest BCUT2D eigenvalue weighted by atomic mass is 32.2. The zero-order valence-corrected chi connectivity index (χ0v) is 26.8. The van der Waals surface area contributed by atoms with E-state index in [1.807, 2.05) is 43.3 Å². The predicted octanol–water partition coefficient (Wildman–Crippen LogP) is 6.83. The van der Waals surface area contributed by atoms with E-state index < -0.39 is 34.4 Å². The molecule has 3 aliphatic carbocycles. The Kier molecular flexibility index (Phi) is 7.37. The average Bonchev–Trinajstić information content (AvgIpc) is 3.41. The zero-order valence-electron chi connectivity index (χ0n) is 26.0. The second kappa shape index (κ2) is 11.1. The number of ketones is 1. The van der Waals surface area contributed by atoms with Crippen LogP contribution in [0.2, 0.25) is 0 Å². The number of aldehydes is 1. The lowest BCUT2D eigenvalue weighted by molar-refractivity contribution is -0.169. The van der Waals surface area contributed by atoms with Crippen LogP contribution in [-0.2, 0) is 14.3 Å². The van der Waals surface area contributed by atoms with Gasteiger partial charge in [-0.3, -0.25) is 14.4 Å². The molecule has 1 spiro atoms. The highest BCUT2D eigenvalue weighted by molar-refractivity contribution is 8.04. The zero-order chi connectivity index (χ0) is 33.3. The first kappa shape index (κ1) is 31.2. The smallest absolute Gasteiger partial charge is 0.339 e. The summed E-state index contributed by atoms with van der Waals surface area (Å²) in [5.41, 5.74) is 0.249. The highest BCUT2D eigenvalue weighted by Gasteiger charge is 2.72. The Labute approximate surface area is 276 Å². The molecule has 10 heteroatoms. The second-order valence-electron chi connectivity index (χ2n) is 13.8. The van der Waals surface area contributed by atoms with Gasteiger partial charge < -0.3 is 25.4 Å². The Hall–Kier alpha value is -4.41. The van der Waals surface area contributed by atoms with Crippen molar-refractivity contribution in [3.63, 3.8) is 0 Å². The molecule has 4 N–H and O–H groups in total. The van der Waals surface area contributed by atoms with Crippen molar-refractivity contribution in [2.24, 2.45) is 22.7 Å². The number of benzene rings is 3. The van der Waals surface area contributed by atoms with E-state index in [-0.39, 0.29) is 47.4 Å². The fraction of sp³-hybridized carbons (Fsp3) is 0.351. The molecule has 2 aliphatic heterocycles. The van der Waals surface area contributed by atoms with Crippen molar-refractivity contribution < 1.29 is 39.2 Å². The van der Waals surface area contributed by atoms with Gasteiger partial charge in [0.1, 0.15) is 23.3 Å². The van der Waals surface area contributed by atoms with Crippen molar-refractivity contribution in [3.8, 4) is 22.6 Å². The minimum atomic E-state index is -1.40. The van der Waals surface area contributed by atoms with Gasteiger partial charge in [0.15, 0.2) is 11.5 Å². The Morgan fingerprint density at radius 1 is 1.06 bits per heavy atom. The van der Waals surface area contributed by atoms with Gasteiger partial charge in [-0.25, -0.2) is 4.79 Å². The molecule has 47 heavy (non-hydrogen) atoms. The number of amides is 1. The first-order chi connectivity index (χ1) is 22.4. The number of anilines is 1. The van der Waals surface area contributed by atoms with Gasteiger partial charge in [-0.15, -0.1) is 0 Å². The fourth-order valence-corrected chi connectivity index (χ4v) is 10.1. The van der Waals surface area contributed by atoms with E-state index in [4.69, 9.17) is 4.74 Å². The van der Waals surface area contributed by atoms with Crippen molar-refractivity contribution in [2.45, 2.75) is 62.6 Å². The number of hydrogen-bond acceptors (Lipinski definition) is 8. The van der Waals surface area contributed by atoms with Crippen molar-refractivity contribution in [1.29, 1.82) is 0 Å². The predicted molar refractivity (Wildman–Crippen MR) is 175 cm³/mol. The molecule has 242 valence electrons. The number of thioether (sulfide) groups is 1. The molecule has 4 bridgehead atoms. The molecule has 3 aromatic carbocycles. The minimum Gasteiger partial charge on any atom is -0.506 e. The van der Waals surface area contributed by atoms with Crippen LogP contribution in [0.15, 0.2) is 76.5 Å². The van der Waals surface area contributed by atoms with Gasteiger partial charge >= 0.3 is 5.97 Å². The molecule has 6 atom stereocenters. The number of carbonyl (C=O) groups excluding carboxylic acids is 3.